The van der Waals surface area contributed by atoms with E-state index in [1.807, 2.05) is 18.2 Å². The third kappa shape index (κ3) is 1.52. The molecule has 0 amide bonds. The molecule has 2 rings (SSSR count). The van der Waals surface area contributed by atoms with E-state index in [0.29, 0.717) is 0 Å². The maximum atomic E-state index is 9.27. The summed E-state index contributed by atoms with van der Waals surface area (Å²) < 4.78 is 0. The van der Waals surface area contributed by atoms with Gasteiger partial charge >= 0.3 is 0 Å². The first-order valence-electron chi connectivity index (χ1n) is 4.08. The van der Waals surface area contributed by atoms with Crippen LogP contribution >= 0.6 is 12.6 Å². The van der Waals surface area contributed by atoms with Crippen molar-refractivity contribution >= 4 is 12.6 Å². The molecule has 0 saturated heterocycles. The molecule has 0 radical (unpaired) electrons. The van der Waals surface area contributed by atoms with Crippen LogP contribution < -0.4 is 0 Å². The van der Waals surface area contributed by atoms with Crippen LogP contribution in [0.5, 0.6) is 0 Å². The van der Waals surface area contributed by atoms with Crippen LogP contribution in [0.25, 0.3) is 0 Å². The summed E-state index contributed by atoms with van der Waals surface area (Å²) in [6.07, 6.45) is 9.09. The Balaban J connectivity index is 2.34. The summed E-state index contributed by atoms with van der Waals surface area (Å²) in [6, 6.07) is 0. The van der Waals surface area contributed by atoms with Crippen molar-refractivity contribution in [1.82, 2.24) is 0 Å². The van der Waals surface area contributed by atoms with Gasteiger partial charge in [-0.2, -0.15) is 0 Å². The van der Waals surface area contributed by atoms with Crippen molar-refractivity contribution in [3.05, 3.63) is 46.8 Å². The van der Waals surface area contributed by atoms with Gasteiger partial charge in [0.2, 0.25) is 0 Å². The fourth-order valence-electron chi connectivity index (χ4n) is 1.56. The molecule has 0 fully saturated rings. The van der Waals surface area contributed by atoms with Gasteiger partial charge < -0.3 is 10.2 Å². The zero-order valence-corrected chi connectivity index (χ0v) is 7.78. The Labute approximate surface area is 82.0 Å². The van der Waals surface area contributed by atoms with E-state index in [9.17, 15) is 10.2 Å². The molecule has 0 heterocycles. The lowest BCUT2D eigenvalue weighted by molar-refractivity contribution is 0.310. The molecule has 0 aromatic heterocycles. The molecule has 0 aromatic rings. The first-order valence-corrected chi connectivity index (χ1v) is 4.52. The zero-order chi connectivity index (χ0) is 9.42. The normalized spacial score (nSPS) is 31.6. The van der Waals surface area contributed by atoms with E-state index in [0.717, 1.165) is 4.91 Å². The molecule has 0 bridgehead atoms. The standard InChI is InChI=1S/C10H10O2S/c11-9-4-6-1-2-8(13)3-7(6)5-10(9)12/h1-7,11-13H. The summed E-state index contributed by atoms with van der Waals surface area (Å²) in [4.78, 5) is 0.889. The molecule has 2 aliphatic carbocycles. The highest BCUT2D eigenvalue weighted by molar-refractivity contribution is 7.84. The number of fused-ring (bicyclic) bond motifs is 1. The fourth-order valence-corrected chi connectivity index (χ4v) is 1.82. The molecule has 13 heavy (non-hydrogen) atoms. The van der Waals surface area contributed by atoms with E-state index in [4.69, 9.17) is 0 Å². The van der Waals surface area contributed by atoms with E-state index in [-0.39, 0.29) is 23.4 Å². The number of thiol groups is 1. The third-order valence-electron chi connectivity index (χ3n) is 2.26. The smallest absolute Gasteiger partial charge is 0.153 e. The largest absolute Gasteiger partial charge is 0.504 e. The van der Waals surface area contributed by atoms with Gasteiger partial charge in [0.15, 0.2) is 11.5 Å². The Morgan fingerprint density at radius 3 is 2.31 bits per heavy atom. The molecule has 68 valence electrons. The van der Waals surface area contributed by atoms with Crippen molar-refractivity contribution in [2.24, 2.45) is 11.8 Å². The Morgan fingerprint density at radius 2 is 1.62 bits per heavy atom. The highest BCUT2D eigenvalue weighted by atomic mass is 32.1. The van der Waals surface area contributed by atoms with Gasteiger partial charge in [-0.3, -0.25) is 0 Å². The van der Waals surface area contributed by atoms with E-state index < -0.39 is 0 Å². The lowest BCUT2D eigenvalue weighted by atomic mass is 9.84. The molecule has 3 heteroatoms. The van der Waals surface area contributed by atoms with Crippen LogP contribution in [0.4, 0.5) is 0 Å². The molecule has 0 aliphatic heterocycles. The maximum absolute atomic E-state index is 9.27. The highest BCUT2D eigenvalue weighted by Crippen LogP contribution is 2.32. The second kappa shape index (κ2) is 3.00. The summed E-state index contributed by atoms with van der Waals surface area (Å²) in [5.41, 5.74) is 0. The van der Waals surface area contributed by atoms with Crippen molar-refractivity contribution in [2.75, 3.05) is 0 Å². The van der Waals surface area contributed by atoms with Gasteiger partial charge in [0.1, 0.15) is 0 Å². The topological polar surface area (TPSA) is 40.5 Å². The Kier molecular flexibility index (Phi) is 1.96. The van der Waals surface area contributed by atoms with E-state index in [1.165, 1.54) is 0 Å². The van der Waals surface area contributed by atoms with Crippen LogP contribution in [0.2, 0.25) is 0 Å². The molecule has 0 aromatic carbocycles. The fraction of sp³-hybridized carbons (Fsp3) is 0.200. The summed E-state index contributed by atoms with van der Waals surface area (Å²) in [5.74, 6) is 0.177. The molecule has 2 nitrogen and oxygen atoms in total. The average molecular weight is 194 g/mol. The van der Waals surface area contributed by atoms with Gasteiger partial charge in [0.25, 0.3) is 0 Å². The van der Waals surface area contributed by atoms with Crippen molar-refractivity contribution in [1.29, 1.82) is 0 Å². The van der Waals surface area contributed by atoms with E-state index in [1.54, 1.807) is 12.2 Å². The first-order chi connectivity index (χ1) is 6.16. The van der Waals surface area contributed by atoms with Crippen LogP contribution in [-0.2, 0) is 0 Å². The van der Waals surface area contributed by atoms with Gasteiger partial charge in [-0.1, -0.05) is 18.2 Å². The van der Waals surface area contributed by atoms with Crippen molar-refractivity contribution in [2.45, 2.75) is 0 Å². The minimum atomic E-state index is -0.0473. The number of aliphatic hydroxyl groups excluding tert-OH is 2. The molecular weight excluding hydrogens is 184 g/mol. The first kappa shape index (κ1) is 8.51. The number of rotatable bonds is 0. The van der Waals surface area contributed by atoms with Crippen LogP contribution in [0.15, 0.2) is 46.8 Å². The Morgan fingerprint density at radius 1 is 1.00 bits per heavy atom. The lowest BCUT2D eigenvalue weighted by Crippen LogP contribution is -2.15. The van der Waals surface area contributed by atoms with Gasteiger partial charge in [0.05, 0.1) is 0 Å². The van der Waals surface area contributed by atoms with Crippen LogP contribution in [-0.4, -0.2) is 10.2 Å². The summed E-state index contributed by atoms with van der Waals surface area (Å²) in [6.45, 7) is 0. The maximum Gasteiger partial charge on any atom is 0.153 e. The summed E-state index contributed by atoms with van der Waals surface area (Å²) >= 11 is 4.21. The molecule has 2 N–H and O–H groups in total. The Bertz CT molecular complexity index is 350. The minimum absolute atomic E-state index is 0.0399. The van der Waals surface area contributed by atoms with E-state index in [2.05, 4.69) is 12.6 Å². The number of allylic oxidation sites excluding steroid dienone is 5. The molecule has 0 spiro atoms. The van der Waals surface area contributed by atoms with Crippen LogP contribution in [0.3, 0.4) is 0 Å². The summed E-state index contributed by atoms with van der Waals surface area (Å²) in [5, 5.41) is 18.5. The predicted molar refractivity (Wildman–Crippen MR) is 54.6 cm³/mol. The van der Waals surface area contributed by atoms with Crippen LogP contribution in [0, 0.1) is 11.8 Å². The zero-order valence-electron chi connectivity index (χ0n) is 6.88. The quantitative estimate of drug-likeness (QED) is 0.518. The van der Waals surface area contributed by atoms with Crippen molar-refractivity contribution in [3.8, 4) is 0 Å². The van der Waals surface area contributed by atoms with Gasteiger partial charge in [-0.15, -0.1) is 12.6 Å². The summed E-state index contributed by atoms with van der Waals surface area (Å²) in [7, 11) is 0. The highest BCUT2D eigenvalue weighted by Gasteiger charge is 2.23. The SMILES string of the molecule is OC1=CC2C=CC(S)=CC2C=C1O. The number of hydrogen-bond acceptors (Lipinski definition) is 3. The second-order valence-corrected chi connectivity index (χ2v) is 3.73. The van der Waals surface area contributed by atoms with Gasteiger partial charge in [0, 0.05) is 16.7 Å². The molecule has 2 unspecified atom stereocenters. The second-order valence-electron chi connectivity index (χ2n) is 3.21. The molecule has 2 atom stereocenters. The number of hydrogen-bond donors (Lipinski definition) is 3. The minimum Gasteiger partial charge on any atom is -0.504 e. The molecule has 0 saturated carbocycles. The van der Waals surface area contributed by atoms with Crippen molar-refractivity contribution < 1.29 is 10.2 Å². The number of aliphatic hydroxyl groups is 2. The molecule has 2 aliphatic rings. The third-order valence-corrected chi connectivity index (χ3v) is 2.56. The van der Waals surface area contributed by atoms with Gasteiger partial charge in [-0.25, -0.2) is 0 Å². The van der Waals surface area contributed by atoms with Gasteiger partial charge in [-0.05, 0) is 12.2 Å². The monoisotopic (exact) mass is 194 g/mol. The predicted octanol–water partition coefficient (Wildman–Crippen LogP) is 2.50. The lowest BCUT2D eigenvalue weighted by Gasteiger charge is -2.23. The average Bonchev–Trinajstić information content (AvgIpc) is 2.08. The molecular formula is C10H10O2S. The van der Waals surface area contributed by atoms with Crippen molar-refractivity contribution in [3.63, 3.8) is 0 Å². The Hall–Kier alpha value is -1.09. The van der Waals surface area contributed by atoms with Crippen LogP contribution in [0.1, 0.15) is 0 Å². The van der Waals surface area contributed by atoms with E-state index >= 15 is 0 Å².